The number of rotatable bonds is 11. The third-order valence-corrected chi connectivity index (χ3v) is 7.80. The van der Waals surface area contributed by atoms with E-state index in [1.165, 1.54) is 0 Å². The van der Waals surface area contributed by atoms with Crippen molar-refractivity contribution in [3.05, 3.63) is 58.6 Å². The van der Waals surface area contributed by atoms with E-state index in [9.17, 15) is 5.11 Å². The highest BCUT2D eigenvalue weighted by Gasteiger charge is 2.24. The van der Waals surface area contributed by atoms with Crippen molar-refractivity contribution in [2.75, 3.05) is 50.2 Å². The van der Waals surface area contributed by atoms with Crippen LogP contribution in [0.4, 0.5) is 0 Å². The van der Waals surface area contributed by atoms with Gasteiger partial charge in [-0.05, 0) is 35.4 Å². The molecule has 1 aliphatic rings. The maximum atomic E-state index is 10.3. The Kier molecular flexibility index (Phi) is 10.1. The van der Waals surface area contributed by atoms with Gasteiger partial charge in [0.1, 0.15) is 24.2 Å². The lowest BCUT2D eigenvalue weighted by Crippen LogP contribution is -2.40. The lowest BCUT2D eigenvalue weighted by Gasteiger charge is -2.28. The number of β-amino-alcohol motifs (C(OH)–C–C–N with tert-alkyl or cyclic N) is 1. The summed E-state index contributed by atoms with van der Waals surface area (Å²) in [4.78, 5) is 2.30. The van der Waals surface area contributed by atoms with E-state index in [2.05, 4.69) is 36.9 Å². The lowest BCUT2D eigenvalue weighted by molar-refractivity contribution is 0.0715. The standard InChI is InChI=1S/C26H35Cl2NO3S/c1-19(15-27)17-32-25-9-6-21(14-24(25)28)26(2,3)20-4-7-23(8-5-20)31-18-22(30)16-29-10-12-33-13-11-29/h4-9,14,19,22,30H,10-13,15-18H2,1-3H3/t19-,22-/m1/s1. The third kappa shape index (κ3) is 7.69. The fourth-order valence-corrected chi connectivity index (χ4v) is 5.05. The SMILES string of the molecule is C[C@H](CCl)COc1ccc(C(C)(C)c2ccc(OC[C@H](O)CN3CCSCC3)cc2)cc1Cl. The molecule has 0 bridgehead atoms. The Balaban J connectivity index is 1.57. The summed E-state index contributed by atoms with van der Waals surface area (Å²) in [5.41, 5.74) is 2.02. The molecular formula is C26H35Cl2NO3S. The zero-order valence-electron chi connectivity index (χ0n) is 19.7. The number of nitrogens with zero attached hydrogens (tertiary/aromatic N) is 1. The Hall–Kier alpha value is -1.11. The van der Waals surface area contributed by atoms with E-state index in [-0.39, 0.29) is 11.3 Å². The smallest absolute Gasteiger partial charge is 0.137 e. The molecule has 0 aromatic heterocycles. The monoisotopic (exact) mass is 511 g/mol. The number of thioether (sulfide) groups is 1. The highest BCUT2D eigenvalue weighted by atomic mass is 35.5. The fourth-order valence-electron chi connectivity index (χ4n) is 3.74. The predicted molar refractivity (Wildman–Crippen MR) is 141 cm³/mol. The van der Waals surface area contributed by atoms with Crippen molar-refractivity contribution in [3.8, 4) is 11.5 Å². The van der Waals surface area contributed by atoms with E-state index in [0.29, 0.717) is 36.4 Å². The number of aliphatic hydroxyl groups excluding tert-OH is 1. The molecule has 1 saturated heterocycles. The van der Waals surface area contributed by atoms with E-state index in [1.54, 1.807) is 0 Å². The normalized spacial score (nSPS) is 16.9. The molecule has 0 unspecified atom stereocenters. The number of ether oxygens (including phenoxy) is 2. The van der Waals surface area contributed by atoms with Crippen LogP contribution >= 0.6 is 35.0 Å². The first-order valence-corrected chi connectivity index (χ1v) is 13.6. The van der Waals surface area contributed by atoms with Crippen molar-refractivity contribution in [1.29, 1.82) is 0 Å². The van der Waals surface area contributed by atoms with Gasteiger partial charge in [0.25, 0.3) is 0 Å². The summed E-state index contributed by atoms with van der Waals surface area (Å²) >= 11 is 14.3. The van der Waals surface area contributed by atoms with Crippen LogP contribution in [0.1, 0.15) is 31.9 Å². The number of alkyl halides is 1. The Labute approximate surface area is 212 Å². The second-order valence-corrected chi connectivity index (χ2v) is 11.2. The zero-order chi connectivity index (χ0) is 23.8. The molecule has 7 heteroatoms. The highest BCUT2D eigenvalue weighted by molar-refractivity contribution is 7.99. The minimum Gasteiger partial charge on any atom is -0.492 e. The Morgan fingerprint density at radius 3 is 2.33 bits per heavy atom. The molecule has 1 N–H and O–H groups in total. The molecule has 3 rings (SSSR count). The molecule has 1 aliphatic heterocycles. The number of aliphatic hydroxyl groups is 1. The average Bonchev–Trinajstić information content (AvgIpc) is 2.82. The van der Waals surface area contributed by atoms with Gasteiger partial charge in [-0.15, -0.1) is 11.6 Å². The molecule has 0 radical (unpaired) electrons. The summed E-state index contributed by atoms with van der Waals surface area (Å²) in [6.45, 7) is 9.96. The lowest BCUT2D eigenvalue weighted by atomic mass is 9.78. The molecule has 1 heterocycles. The van der Waals surface area contributed by atoms with Crippen molar-refractivity contribution in [2.24, 2.45) is 5.92 Å². The minimum atomic E-state index is -0.487. The molecule has 0 aliphatic carbocycles. The molecular weight excluding hydrogens is 477 g/mol. The van der Waals surface area contributed by atoms with Crippen molar-refractivity contribution >= 4 is 35.0 Å². The maximum absolute atomic E-state index is 10.3. The van der Waals surface area contributed by atoms with Crippen molar-refractivity contribution in [1.82, 2.24) is 4.90 Å². The quantitative estimate of drug-likeness (QED) is 0.391. The molecule has 2 aromatic rings. The fraction of sp³-hybridized carbons (Fsp3) is 0.538. The summed E-state index contributed by atoms with van der Waals surface area (Å²) in [5, 5.41) is 10.9. The van der Waals surface area contributed by atoms with E-state index < -0.39 is 6.10 Å². The zero-order valence-corrected chi connectivity index (χ0v) is 22.1. The van der Waals surface area contributed by atoms with Crippen molar-refractivity contribution in [2.45, 2.75) is 32.3 Å². The molecule has 2 atom stereocenters. The Morgan fingerprint density at radius 2 is 1.70 bits per heavy atom. The first-order valence-electron chi connectivity index (χ1n) is 11.5. The average molecular weight is 513 g/mol. The number of hydrogen-bond donors (Lipinski definition) is 1. The van der Waals surface area contributed by atoms with Crippen LogP contribution in [0.25, 0.3) is 0 Å². The van der Waals surface area contributed by atoms with Crippen LogP contribution in [-0.4, -0.2) is 66.3 Å². The van der Waals surface area contributed by atoms with Gasteiger partial charge in [-0.25, -0.2) is 0 Å². The number of hydrogen-bond acceptors (Lipinski definition) is 5. The number of halogens is 2. The summed E-state index contributed by atoms with van der Waals surface area (Å²) in [7, 11) is 0. The van der Waals surface area contributed by atoms with Gasteiger partial charge in [-0.2, -0.15) is 11.8 Å². The molecule has 1 fully saturated rings. The van der Waals surface area contributed by atoms with Gasteiger partial charge in [-0.3, -0.25) is 4.90 Å². The molecule has 33 heavy (non-hydrogen) atoms. The molecule has 4 nitrogen and oxygen atoms in total. The van der Waals surface area contributed by atoms with Crippen LogP contribution in [0.3, 0.4) is 0 Å². The number of benzene rings is 2. The summed E-state index contributed by atoms with van der Waals surface area (Å²) < 4.78 is 11.7. The minimum absolute atomic E-state index is 0.240. The molecule has 2 aromatic carbocycles. The maximum Gasteiger partial charge on any atom is 0.137 e. The van der Waals surface area contributed by atoms with Gasteiger partial charge in [-0.1, -0.05) is 50.6 Å². The first-order chi connectivity index (χ1) is 15.8. The largest absolute Gasteiger partial charge is 0.492 e. The van der Waals surface area contributed by atoms with Crippen LogP contribution in [-0.2, 0) is 5.41 Å². The van der Waals surface area contributed by atoms with Gasteiger partial charge in [0.05, 0.1) is 11.6 Å². The Morgan fingerprint density at radius 1 is 1.03 bits per heavy atom. The van der Waals surface area contributed by atoms with Gasteiger partial charge in [0.15, 0.2) is 0 Å². The summed E-state index contributed by atoms with van der Waals surface area (Å²) in [6.07, 6.45) is -0.487. The van der Waals surface area contributed by atoms with Gasteiger partial charge < -0.3 is 14.6 Å². The second kappa shape index (κ2) is 12.6. The molecule has 0 spiro atoms. The first kappa shape index (κ1) is 26.5. The Bertz CT molecular complexity index is 872. The van der Waals surface area contributed by atoms with E-state index >= 15 is 0 Å². The van der Waals surface area contributed by atoms with Crippen LogP contribution in [0, 0.1) is 5.92 Å². The third-order valence-electron chi connectivity index (χ3n) is 6.03. The highest BCUT2D eigenvalue weighted by Crippen LogP contribution is 2.36. The van der Waals surface area contributed by atoms with Crippen LogP contribution in [0.15, 0.2) is 42.5 Å². The van der Waals surface area contributed by atoms with Crippen LogP contribution in [0.5, 0.6) is 11.5 Å². The molecule has 182 valence electrons. The van der Waals surface area contributed by atoms with E-state index in [1.807, 2.05) is 43.0 Å². The second-order valence-electron chi connectivity index (χ2n) is 9.24. The van der Waals surface area contributed by atoms with E-state index in [0.717, 1.165) is 41.5 Å². The van der Waals surface area contributed by atoms with Crippen molar-refractivity contribution < 1.29 is 14.6 Å². The van der Waals surface area contributed by atoms with Gasteiger partial charge in [0.2, 0.25) is 0 Å². The van der Waals surface area contributed by atoms with E-state index in [4.69, 9.17) is 32.7 Å². The molecule has 0 saturated carbocycles. The van der Waals surface area contributed by atoms with Gasteiger partial charge >= 0.3 is 0 Å². The molecule has 0 amide bonds. The van der Waals surface area contributed by atoms with Crippen LogP contribution < -0.4 is 9.47 Å². The van der Waals surface area contributed by atoms with Gasteiger partial charge in [0, 0.05) is 48.4 Å². The predicted octanol–water partition coefficient (Wildman–Crippen LogP) is 5.71. The summed E-state index contributed by atoms with van der Waals surface area (Å²) in [6, 6.07) is 14.0. The summed E-state index contributed by atoms with van der Waals surface area (Å²) in [5.74, 6) is 4.54. The van der Waals surface area contributed by atoms with Crippen LogP contribution in [0.2, 0.25) is 5.02 Å². The topological polar surface area (TPSA) is 41.9 Å². The van der Waals surface area contributed by atoms with Crippen molar-refractivity contribution in [3.63, 3.8) is 0 Å².